The molecule has 15 heavy (non-hydrogen) atoms. The van der Waals surface area contributed by atoms with E-state index in [1.54, 1.807) is 18.4 Å². The molecule has 0 aliphatic heterocycles. The predicted octanol–water partition coefficient (Wildman–Crippen LogP) is 3.56. The number of benzene rings is 1. The lowest BCUT2D eigenvalue weighted by Crippen LogP contribution is -1.83. The molecule has 0 fully saturated rings. The summed E-state index contributed by atoms with van der Waals surface area (Å²) in [6.07, 6.45) is 0. The lowest BCUT2D eigenvalue weighted by Gasteiger charge is -2.00. The second-order valence-electron chi connectivity index (χ2n) is 3.01. The maximum absolute atomic E-state index is 5.71. The standard InChI is InChI=1S/C11H10ClNOS/c1-14-10-4-2-3-8(5-10)11-13-9(6-12)7-15-11/h2-5,7H,6H2,1H3. The van der Waals surface area contributed by atoms with Gasteiger partial charge in [0.05, 0.1) is 18.7 Å². The van der Waals surface area contributed by atoms with Gasteiger partial charge < -0.3 is 4.74 Å². The van der Waals surface area contributed by atoms with E-state index in [4.69, 9.17) is 16.3 Å². The van der Waals surface area contributed by atoms with Gasteiger partial charge in [0.1, 0.15) is 10.8 Å². The van der Waals surface area contributed by atoms with Crippen molar-refractivity contribution < 1.29 is 4.74 Å². The molecule has 0 atom stereocenters. The van der Waals surface area contributed by atoms with Crippen molar-refractivity contribution in [3.63, 3.8) is 0 Å². The van der Waals surface area contributed by atoms with Crippen molar-refractivity contribution in [1.29, 1.82) is 0 Å². The molecule has 0 radical (unpaired) electrons. The Morgan fingerprint density at radius 2 is 2.33 bits per heavy atom. The van der Waals surface area contributed by atoms with Crippen molar-refractivity contribution in [2.24, 2.45) is 0 Å². The number of aromatic nitrogens is 1. The predicted molar refractivity (Wildman–Crippen MR) is 63.7 cm³/mol. The normalized spacial score (nSPS) is 10.3. The largest absolute Gasteiger partial charge is 0.497 e. The zero-order chi connectivity index (χ0) is 10.7. The highest BCUT2D eigenvalue weighted by Crippen LogP contribution is 2.27. The third kappa shape index (κ3) is 2.30. The van der Waals surface area contributed by atoms with Crippen LogP contribution in [0, 0.1) is 0 Å². The van der Waals surface area contributed by atoms with Crippen LogP contribution in [-0.4, -0.2) is 12.1 Å². The molecular weight excluding hydrogens is 230 g/mol. The van der Waals surface area contributed by atoms with E-state index in [1.165, 1.54) is 0 Å². The molecule has 0 amide bonds. The van der Waals surface area contributed by atoms with Crippen molar-refractivity contribution in [3.05, 3.63) is 35.3 Å². The van der Waals surface area contributed by atoms with E-state index in [0.29, 0.717) is 5.88 Å². The molecule has 2 rings (SSSR count). The summed E-state index contributed by atoms with van der Waals surface area (Å²) in [6.45, 7) is 0. The molecule has 1 aromatic carbocycles. The van der Waals surface area contributed by atoms with Gasteiger partial charge in [-0.3, -0.25) is 0 Å². The Morgan fingerprint density at radius 3 is 3.00 bits per heavy atom. The van der Waals surface area contributed by atoms with E-state index in [1.807, 2.05) is 29.6 Å². The van der Waals surface area contributed by atoms with Crippen molar-refractivity contribution in [3.8, 4) is 16.3 Å². The maximum atomic E-state index is 5.71. The molecule has 2 nitrogen and oxygen atoms in total. The third-order valence-corrected chi connectivity index (χ3v) is 3.22. The van der Waals surface area contributed by atoms with Gasteiger partial charge in [-0.15, -0.1) is 22.9 Å². The highest BCUT2D eigenvalue weighted by atomic mass is 35.5. The van der Waals surface area contributed by atoms with Gasteiger partial charge in [-0.2, -0.15) is 0 Å². The first kappa shape index (κ1) is 10.5. The van der Waals surface area contributed by atoms with Crippen LogP contribution in [0.5, 0.6) is 5.75 Å². The summed E-state index contributed by atoms with van der Waals surface area (Å²) in [5.41, 5.74) is 1.98. The monoisotopic (exact) mass is 239 g/mol. The molecule has 0 unspecified atom stereocenters. The smallest absolute Gasteiger partial charge is 0.123 e. The number of nitrogens with zero attached hydrogens (tertiary/aromatic N) is 1. The minimum absolute atomic E-state index is 0.459. The number of methoxy groups -OCH3 is 1. The lowest BCUT2D eigenvalue weighted by atomic mass is 10.2. The van der Waals surface area contributed by atoms with Crippen molar-refractivity contribution in [2.75, 3.05) is 7.11 Å². The quantitative estimate of drug-likeness (QED) is 0.765. The fraction of sp³-hybridized carbons (Fsp3) is 0.182. The van der Waals surface area contributed by atoms with E-state index in [-0.39, 0.29) is 0 Å². The first-order chi connectivity index (χ1) is 7.33. The van der Waals surface area contributed by atoms with Gasteiger partial charge in [-0.05, 0) is 12.1 Å². The summed E-state index contributed by atoms with van der Waals surface area (Å²) < 4.78 is 5.16. The minimum Gasteiger partial charge on any atom is -0.497 e. The van der Waals surface area contributed by atoms with E-state index in [0.717, 1.165) is 22.0 Å². The molecule has 0 aliphatic rings. The van der Waals surface area contributed by atoms with Crippen LogP contribution in [0.25, 0.3) is 10.6 Å². The molecule has 1 aromatic heterocycles. The Hall–Kier alpha value is -1.06. The number of thiazole rings is 1. The SMILES string of the molecule is COc1cccc(-c2nc(CCl)cs2)c1. The van der Waals surface area contributed by atoms with Gasteiger partial charge in [-0.25, -0.2) is 4.98 Å². The van der Waals surface area contributed by atoms with Crippen LogP contribution in [0.2, 0.25) is 0 Å². The zero-order valence-electron chi connectivity index (χ0n) is 8.24. The number of rotatable bonds is 3. The first-order valence-electron chi connectivity index (χ1n) is 4.48. The third-order valence-electron chi connectivity index (χ3n) is 2.01. The van der Waals surface area contributed by atoms with Crippen LogP contribution in [0.4, 0.5) is 0 Å². The molecule has 0 saturated carbocycles. The van der Waals surface area contributed by atoms with Crippen LogP contribution in [0.15, 0.2) is 29.6 Å². The Bertz CT molecular complexity index is 455. The van der Waals surface area contributed by atoms with Gasteiger partial charge in [0.25, 0.3) is 0 Å². The van der Waals surface area contributed by atoms with Gasteiger partial charge in [0, 0.05) is 10.9 Å². The summed E-state index contributed by atoms with van der Waals surface area (Å²) in [5.74, 6) is 1.30. The van der Waals surface area contributed by atoms with E-state index < -0.39 is 0 Å². The Balaban J connectivity index is 2.35. The molecular formula is C11H10ClNOS. The highest BCUT2D eigenvalue weighted by molar-refractivity contribution is 7.13. The number of ether oxygens (including phenoxy) is 1. The van der Waals surface area contributed by atoms with E-state index in [9.17, 15) is 0 Å². The number of hydrogen-bond acceptors (Lipinski definition) is 3. The summed E-state index contributed by atoms with van der Waals surface area (Å²) >= 11 is 7.30. The fourth-order valence-electron chi connectivity index (χ4n) is 1.26. The number of alkyl halides is 1. The molecule has 0 saturated heterocycles. The minimum atomic E-state index is 0.459. The van der Waals surface area contributed by atoms with Crippen LogP contribution >= 0.6 is 22.9 Å². The van der Waals surface area contributed by atoms with Crippen molar-refractivity contribution in [1.82, 2.24) is 4.98 Å². The van der Waals surface area contributed by atoms with Gasteiger partial charge in [0.2, 0.25) is 0 Å². The second kappa shape index (κ2) is 4.64. The van der Waals surface area contributed by atoms with E-state index in [2.05, 4.69) is 4.98 Å². The topological polar surface area (TPSA) is 22.1 Å². The molecule has 1 heterocycles. The average molecular weight is 240 g/mol. The highest BCUT2D eigenvalue weighted by Gasteiger charge is 2.04. The summed E-state index contributed by atoms with van der Waals surface area (Å²) in [6, 6.07) is 7.85. The molecule has 4 heteroatoms. The van der Waals surface area contributed by atoms with Crippen LogP contribution in [0.1, 0.15) is 5.69 Å². The van der Waals surface area contributed by atoms with Gasteiger partial charge in [-0.1, -0.05) is 12.1 Å². The number of halogens is 1. The van der Waals surface area contributed by atoms with Crippen LogP contribution in [-0.2, 0) is 5.88 Å². The molecule has 0 N–H and O–H groups in total. The van der Waals surface area contributed by atoms with Crippen LogP contribution < -0.4 is 4.74 Å². The molecule has 78 valence electrons. The van der Waals surface area contributed by atoms with Gasteiger partial charge in [0.15, 0.2) is 0 Å². The second-order valence-corrected chi connectivity index (χ2v) is 4.13. The number of hydrogen-bond donors (Lipinski definition) is 0. The van der Waals surface area contributed by atoms with E-state index >= 15 is 0 Å². The van der Waals surface area contributed by atoms with Crippen molar-refractivity contribution in [2.45, 2.75) is 5.88 Å². The Morgan fingerprint density at radius 1 is 1.47 bits per heavy atom. The van der Waals surface area contributed by atoms with Gasteiger partial charge >= 0.3 is 0 Å². The molecule has 0 bridgehead atoms. The van der Waals surface area contributed by atoms with Crippen LogP contribution in [0.3, 0.4) is 0 Å². The molecule has 0 aliphatic carbocycles. The maximum Gasteiger partial charge on any atom is 0.123 e. The Labute approximate surface area is 97.5 Å². The zero-order valence-corrected chi connectivity index (χ0v) is 9.81. The fourth-order valence-corrected chi connectivity index (χ4v) is 2.30. The molecule has 2 aromatic rings. The first-order valence-corrected chi connectivity index (χ1v) is 5.89. The summed E-state index contributed by atoms with van der Waals surface area (Å²) in [4.78, 5) is 4.41. The Kier molecular flexibility index (Phi) is 3.23. The average Bonchev–Trinajstić information content (AvgIpc) is 2.78. The molecule has 0 spiro atoms. The summed E-state index contributed by atoms with van der Waals surface area (Å²) in [7, 11) is 1.66. The van der Waals surface area contributed by atoms with Crippen molar-refractivity contribution >= 4 is 22.9 Å². The lowest BCUT2D eigenvalue weighted by molar-refractivity contribution is 0.415. The summed E-state index contributed by atoms with van der Waals surface area (Å²) in [5, 5.41) is 2.95.